The summed E-state index contributed by atoms with van der Waals surface area (Å²) in [7, 11) is 2.03. The molecule has 0 bridgehead atoms. The molecular formula is C16H20N2O2. The van der Waals surface area contributed by atoms with Crippen LogP contribution in [0.1, 0.15) is 23.2 Å². The van der Waals surface area contributed by atoms with Crippen molar-refractivity contribution in [3.05, 3.63) is 36.0 Å². The standard InChI is InChI=1S/C16H20N2O2/c1-18(12-6-8-20-9-7-12)11-16(19)14-10-17-15-5-3-2-4-13(14)15/h2-5,10,12,17H,6-9,11H2,1H3. The molecule has 0 atom stereocenters. The van der Waals surface area contributed by atoms with Crippen molar-refractivity contribution < 1.29 is 9.53 Å². The van der Waals surface area contributed by atoms with Crippen molar-refractivity contribution in [3.63, 3.8) is 0 Å². The normalized spacial score (nSPS) is 16.9. The third-order valence-corrected chi connectivity index (χ3v) is 4.10. The Kier molecular flexibility index (Phi) is 3.85. The zero-order chi connectivity index (χ0) is 13.9. The SMILES string of the molecule is CN(CC(=O)c1c[nH]c2ccccc12)C1CCOCC1. The minimum atomic E-state index is 0.177. The van der Waals surface area contributed by atoms with E-state index >= 15 is 0 Å². The number of carbonyl (C=O) groups excluding carboxylic acids is 1. The lowest BCUT2D eigenvalue weighted by Crippen LogP contribution is -2.39. The van der Waals surface area contributed by atoms with E-state index in [2.05, 4.69) is 9.88 Å². The number of nitrogens with zero attached hydrogens (tertiary/aromatic N) is 1. The van der Waals surface area contributed by atoms with Gasteiger partial charge in [-0.25, -0.2) is 0 Å². The first-order valence-corrected chi connectivity index (χ1v) is 7.13. The van der Waals surface area contributed by atoms with Crippen molar-refractivity contribution in [2.75, 3.05) is 26.8 Å². The molecule has 0 unspecified atom stereocenters. The van der Waals surface area contributed by atoms with Crippen molar-refractivity contribution in [2.45, 2.75) is 18.9 Å². The quantitative estimate of drug-likeness (QED) is 0.870. The fourth-order valence-corrected chi connectivity index (χ4v) is 2.87. The van der Waals surface area contributed by atoms with E-state index in [1.54, 1.807) is 0 Å². The second kappa shape index (κ2) is 5.77. The Labute approximate surface area is 118 Å². The summed E-state index contributed by atoms with van der Waals surface area (Å²) in [6, 6.07) is 8.39. The van der Waals surface area contributed by atoms with Gasteiger partial charge in [0.15, 0.2) is 5.78 Å². The van der Waals surface area contributed by atoms with Crippen molar-refractivity contribution in [1.29, 1.82) is 0 Å². The van der Waals surface area contributed by atoms with Crippen LogP contribution >= 0.6 is 0 Å². The summed E-state index contributed by atoms with van der Waals surface area (Å²) in [6.07, 6.45) is 3.85. The molecule has 1 aliphatic heterocycles. The number of likely N-dealkylation sites (N-methyl/N-ethyl adjacent to an activating group) is 1. The van der Waals surface area contributed by atoms with E-state index in [-0.39, 0.29) is 5.78 Å². The predicted octanol–water partition coefficient (Wildman–Crippen LogP) is 2.46. The van der Waals surface area contributed by atoms with Crippen LogP contribution in [0.15, 0.2) is 30.5 Å². The highest BCUT2D eigenvalue weighted by atomic mass is 16.5. The molecule has 0 aliphatic carbocycles. The van der Waals surface area contributed by atoms with Gasteiger partial charge in [0.2, 0.25) is 0 Å². The van der Waals surface area contributed by atoms with E-state index in [0.717, 1.165) is 42.5 Å². The van der Waals surface area contributed by atoms with Gasteiger partial charge in [-0.3, -0.25) is 9.69 Å². The number of carbonyl (C=O) groups is 1. The van der Waals surface area contributed by atoms with Gasteiger partial charge in [-0.15, -0.1) is 0 Å². The Hall–Kier alpha value is -1.65. The molecule has 106 valence electrons. The summed E-state index contributed by atoms with van der Waals surface area (Å²) in [4.78, 5) is 17.8. The number of aromatic amines is 1. The third-order valence-electron chi connectivity index (χ3n) is 4.10. The first kappa shape index (κ1) is 13.3. The number of benzene rings is 1. The van der Waals surface area contributed by atoms with Gasteiger partial charge >= 0.3 is 0 Å². The molecule has 0 saturated carbocycles. The van der Waals surface area contributed by atoms with Crippen molar-refractivity contribution in [2.24, 2.45) is 0 Å². The number of H-pyrrole nitrogens is 1. The minimum Gasteiger partial charge on any atom is -0.381 e. The summed E-state index contributed by atoms with van der Waals surface area (Å²) in [5.41, 5.74) is 1.81. The van der Waals surface area contributed by atoms with E-state index in [9.17, 15) is 4.79 Å². The van der Waals surface area contributed by atoms with Crippen molar-refractivity contribution in [3.8, 4) is 0 Å². The second-order valence-corrected chi connectivity index (χ2v) is 5.43. The van der Waals surface area contributed by atoms with Gasteiger partial charge in [0, 0.05) is 41.9 Å². The lowest BCUT2D eigenvalue weighted by molar-refractivity contribution is 0.0419. The Morgan fingerprint density at radius 3 is 2.90 bits per heavy atom. The first-order chi connectivity index (χ1) is 9.75. The molecule has 2 heterocycles. The smallest absolute Gasteiger partial charge is 0.178 e. The van der Waals surface area contributed by atoms with Crippen LogP contribution < -0.4 is 0 Å². The molecule has 4 heteroatoms. The highest BCUT2D eigenvalue weighted by Crippen LogP contribution is 2.19. The largest absolute Gasteiger partial charge is 0.381 e. The molecule has 20 heavy (non-hydrogen) atoms. The zero-order valence-electron chi connectivity index (χ0n) is 11.8. The van der Waals surface area contributed by atoms with Crippen LogP contribution in [0.5, 0.6) is 0 Å². The van der Waals surface area contributed by atoms with Crippen molar-refractivity contribution in [1.82, 2.24) is 9.88 Å². The van der Waals surface area contributed by atoms with E-state index in [1.165, 1.54) is 0 Å². The minimum absolute atomic E-state index is 0.177. The number of fused-ring (bicyclic) bond motifs is 1. The third kappa shape index (κ3) is 2.62. The number of hydrogen-bond acceptors (Lipinski definition) is 3. The number of hydrogen-bond donors (Lipinski definition) is 1. The van der Waals surface area contributed by atoms with Gasteiger partial charge in [-0.1, -0.05) is 18.2 Å². The Morgan fingerprint density at radius 1 is 1.35 bits per heavy atom. The first-order valence-electron chi connectivity index (χ1n) is 7.13. The van der Waals surface area contributed by atoms with Crippen LogP contribution in [0.25, 0.3) is 10.9 Å². The fraction of sp³-hybridized carbons (Fsp3) is 0.438. The highest BCUT2D eigenvalue weighted by Gasteiger charge is 2.21. The average Bonchev–Trinajstić information content (AvgIpc) is 2.92. The topological polar surface area (TPSA) is 45.3 Å². The van der Waals surface area contributed by atoms with E-state index in [4.69, 9.17) is 4.74 Å². The Bertz CT molecular complexity index is 599. The molecule has 1 aliphatic rings. The molecule has 1 N–H and O–H groups in total. The van der Waals surface area contributed by atoms with Crippen LogP contribution in [0, 0.1) is 0 Å². The molecule has 1 fully saturated rings. The molecule has 3 rings (SSSR count). The second-order valence-electron chi connectivity index (χ2n) is 5.43. The Balaban J connectivity index is 1.72. The van der Waals surface area contributed by atoms with Crippen LogP contribution in [0.2, 0.25) is 0 Å². The summed E-state index contributed by atoms with van der Waals surface area (Å²) in [6.45, 7) is 2.07. The molecule has 0 spiro atoms. The molecule has 1 saturated heterocycles. The maximum atomic E-state index is 12.5. The number of nitrogens with one attached hydrogen (secondary N) is 1. The monoisotopic (exact) mass is 272 g/mol. The summed E-state index contributed by atoms with van der Waals surface area (Å²) >= 11 is 0. The lowest BCUT2D eigenvalue weighted by Gasteiger charge is -2.30. The molecule has 2 aromatic rings. The molecule has 1 aromatic carbocycles. The predicted molar refractivity (Wildman–Crippen MR) is 79.1 cm³/mol. The van der Waals surface area contributed by atoms with Gasteiger partial charge in [0.05, 0.1) is 6.54 Å². The fourth-order valence-electron chi connectivity index (χ4n) is 2.87. The molecule has 1 aromatic heterocycles. The van der Waals surface area contributed by atoms with Crippen LogP contribution in [-0.4, -0.2) is 48.5 Å². The van der Waals surface area contributed by atoms with Crippen molar-refractivity contribution >= 4 is 16.7 Å². The van der Waals surface area contributed by atoms with Crippen LogP contribution in [0.4, 0.5) is 0 Å². The summed E-state index contributed by atoms with van der Waals surface area (Å²) in [5, 5.41) is 1.01. The van der Waals surface area contributed by atoms with Crippen LogP contribution in [0.3, 0.4) is 0 Å². The van der Waals surface area contributed by atoms with E-state index in [0.29, 0.717) is 12.6 Å². The summed E-state index contributed by atoms with van der Waals surface area (Å²) in [5.74, 6) is 0.177. The number of ether oxygens (including phenoxy) is 1. The molecular weight excluding hydrogens is 252 g/mol. The van der Waals surface area contributed by atoms with Gasteiger partial charge in [0.1, 0.15) is 0 Å². The van der Waals surface area contributed by atoms with E-state index < -0.39 is 0 Å². The number of para-hydroxylation sites is 1. The van der Waals surface area contributed by atoms with Crippen LogP contribution in [-0.2, 0) is 4.74 Å². The van der Waals surface area contributed by atoms with E-state index in [1.807, 2.05) is 37.5 Å². The lowest BCUT2D eigenvalue weighted by atomic mass is 10.1. The van der Waals surface area contributed by atoms with Gasteiger partial charge in [0.25, 0.3) is 0 Å². The highest BCUT2D eigenvalue weighted by molar-refractivity contribution is 6.08. The summed E-state index contributed by atoms with van der Waals surface area (Å²) < 4.78 is 5.37. The average molecular weight is 272 g/mol. The van der Waals surface area contributed by atoms with Gasteiger partial charge in [-0.2, -0.15) is 0 Å². The number of rotatable bonds is 4. The molecule has 0 radical (unpaired) electrons. The van der Waals surface area contributed by atoms with Gasteiger partial charge < -0.3 is 9.72 Å². The molecule has 4 nitrogen and oxygen atoms in total. The molecule has 0 amide bonds. The number of aromatic nitrogens is 1. The van der Waals surface area contributed by atoms with Gasteiger partial charge in [-0.05, 0) is 26.0 Å². The Morgan fingerprint density at radius 2 is 2.10 bits per heavy atom. The number of ketones is 1. The number of Topliss-reactive ketones (excluding diaryl/α,β-unsaturated/α-hetero) is 1. The maximum Gasteiger partial charge on any atom is 0.178 e. The zero-order valence-corrected chi connectivity index (χ0v) is 11.8. The maximum absolute atomic E-state index is 12.5.